The number of hydrogen-bond donors (Lipinski definition) is 1. The van der Waals surface area contributed by atoms with Crippen LogP contribution in [-0.4, -0.2) is 30.0 Å². The molecule has 0 aliphatic carbocycles. The number of carboxylic acid groups (broad SMARTS) is 1. The molecule has 1 N–H and O–H groups in total. The molecule has 0 spiro atoms. The molecule has 1 unspecified atom stereocenters. The molecule has 0 fully saturated rings. The molecule has 3 aromatic carbocycles. The quantitative estimate of drug-likeness (QED) is 0.205. The van der Waals surface area contributed by atoms with Gasteiger partial charge in [0.15, 0.2) is 0 Å². The number of carbonyl (C=O) groups excluding carboxylic acids is 2. The van der Waals surface area contributed by atoms with Gasteiger partial charge in [0.2, 0.25) is 0 Å². The average molecular weight is 545 g/mol. The molecule has 1 atom stereocenters. The third-order valence-electron chi connectivity index (χ3n) is 6.81. The van der Waals surface area contributed by atoms with Gasteiger partial charge in [0.05, 0.1) is 12.2 Å². The first kappa shape index (κ1) is 31.1. The average Bonchev–Trinajstić information content (AvgIpc) is 2.97. The van der Waals surface area contributed by atoms with Crippen LogP contribution in [0, 0.1) is 5.41 Å². The van der Waals surface area contributed by atoms with Crippen LogP contribution in [-0.2, 0) is 17.6 Å². The Morgan fingerprint density at radius 1 is 0.875 bits per heavy atom. The second kappa shape index (κ2) is 15.4. The summed E-state index contributed by atoms with van der Waals surface area (Å²) in [6, 6.07) is 30.5. The van der Waals surface area contributed by atoms with E-state index in [-0.39, 0.29) is 35.5 Å². The van der Waals surface area contributed by atoms with Gasteiger partial charge in [-0.05, 0) is 73.2 Å². The number of aromatic nitrogens is 1. The molecule has 0 aliphatic rings. The Morgan fingerprint density at radius 2 is 1.57 bits per heavy atom. The van der Waals surface area contributed by atoms with Crippen LogP contribution in [0.3, 0.4) is 0 Å². The van der Waals surface area contributed by atoms with Crippen LogP contribution < -0.4 is 44.7 Å². The maximum Gasteiger partial charge on any atom is 1.00 e. The van der Waals surface area contributed by atoms with Gasteiger partial charge in [-0.1, -0.05) is 67.6 Å². The maximum absolute atomic E-state index is 12.5. The Morgan fingerprint density at radius 3 is 2.23 bits per heavy atom. The Hall–Kier alpha value is -3.45. The molecule has 1 heterocycles. The van der Waals surface area contributed by atoms with Crippen molar-refractivity contribution in [2.75, 3.05) is 13.2 Å². The Bertz CT molecular complexity index is 1350. The van der Waals surface area contributed by atoms with Crippen molar-refractivity contribution in [3.8, 4) is 17.0 Å². The minimum Gasteiger partial charge on any atom is -0.550 e. The molecule has 7 heteroatoms. The molecular weight excluding hydrogens is 511 g/mol. The van der Waals surface area contributed by atoms with Crippen LogP contribution in [0.4, 0.5) is 0 Å². The van der Waals surface area contributed by atoms with Gasteiger partial charge in [-0.25, -0.2) is 0 Å². The van der Waals surface area contributed by atoms with Gasteiger partial charge in [-0.2, -0.15) is 0 Å². The van der Waals surface area contributed by atoms with E-state index in [9.17, 15) is 14.7 Å². The minimum absolute atomic E-state index is 0. The van der Waals surface area contributed by atoms with E-state index in [4.69, 9.17) is 4.74 Å². The largest absolute Gasteiger partial charge is 1.00 e. The Kier molecular flexibility index (Phi) is 11.9. The summed E-state index contributed by atoms with van der Waals surface area (Å²) in [6.45, 7) is 2.42. The third kappa shape index (κ3) is 9.05. The predicted molar refractivity (Wildman–Crippen MR) is 150 cm³/mol. The molecule has 40 heavy (non-hydrogen) atoms. The van der Waals surface area contributed by atoms with E-state index in [0.717, 1.165) is 29.7 Å². The molecule has 0 aliphatic heterocycles. The predicted octanol–water partition coefficient (Wildman–Crippen LogP) is 1.88. The fraction of sp³-hybridized carbons (Fsp3) is 0.242. The number of hydrogen-bond acceptors (Lipinski definition) is 5. The number of nitrogens with zero attached hydrogens (tertiary/aromatic N) is 1. The number of nitrogens with one attached hydrogen (secondary N) is 1. The Labute approximate surface area is 258 Å². The van der Waals surface area contributed by atoms with E-state index in [1.165, 1.54) is 5.56 Å². The van der Waals surface area contributed by atoms with Crippen molar-refractivity contribution in [2.45, 2.75) is 32.6 Å². The number of rotatable bonds is 13. The first-order valence-electron chi connectivity index (χ1n) is 13.2. The van der Waals surface area contributed by atoms with Gasteiger partial charge < -0.3 is 20.0 Å². The van der Waals surface area contributed by atoms with Gasteiger partial charge in [-0.3, -0.25) is 9.78 Å². The number of benzene rings is 3. The number of amides is 1. The van der Waals surface area contributed by atoms with Crippen molar-refractivity contribution in [3.05, 3.63) is 120 Å². The number of carbonyl (C=O) groups is 2. The summed E-state index contributed by atoms with van der Waals surface area (Å²) in [5, 5.41) is 14.8. The fourth-order valence-electron chi connectivity index (χ4n) is 4.51. The molecule has 4 rings (SSSR count). The number of carboxylic acids is 1. The van der Waals surface area contributed by atoms with Crippen molar-refractivity contribution in [2.24, 2.45) is 5.41 Å². The van der Waals surface area contributed by atoms with Gasteiger partial charge >= 0.3 is 29.6 Å². The number of ether oxygens (including phenoxy) is 1. The Balaban J connectivity index is 0.00000441. The van der Waals surface area contributed by atoms with Crippen molar-refractivity contribution >= 4 is 11.9 Å². The molecule has 0 radical (unpaired) electrons. The van der Waals surface area contributed by atoms with Crippen molar-refractivity contribution in [1.29, 1.82) is 0 Å². The van der Waals surface area contributed by atoms with E-state index < -0.39 is 11.4 Å². The summed E-state index contributed by atoms with van der Waals surface area (Å²) < 4.78 is 5.76. The van der Waals surface area contributed by atoms with Gasteiger partial charge in [0, 0.05) is 28.7 Å². The number of aryl methyl sites for hydroxylation is 1. The van der Waals surface area contributed by atoms with Gasteiger partial charge in [-0.15, -0.1) is 0 Å². The molecule has 0 saturated carbocycles. The standard InChI is InChI=1S/C33H34N2O4.Na/c1-33(32(37)38,20-7-10-25-8-3-2-4-9-25)24-26-12-18-29(19-13-26)39-23-22-35-31(36)28-16-14-27(15-17-28)30-11-5-6-21-34-30;/h2-6,8-9,11-19,21H,7,10,20,22-24H2,1H3,(H,35,36)(H,37,38);/q;+1/p-1. The molecule has 200 valence electrons. The summed E-state index contributed by atoms with van der Waals surface area (Å²) >= 11 is 0. The zero-order valence-corrected chi connectivity index (χ0v) is 25.1. The van der Waals surface area contributed by atoms with E-state index in [1.807, 2.05) is 72.8 Å². The zero-order chi connectivity index (χ0) is 27.5. The molecule has 1 aromatic heterocycles. The van der Waals surface area contributed by atoms with Crippen LogP contribution in [0.2, 0.25) is 0 Å². The topological polar surface area (TPSA) is 91.3 Å². The summed E-state index contributed by atoms with van der Waals surface area (Å²) in [4.78, 5) is 28.8. The smallest absolute Gasteiger partial charge is 0.550 e. The van der Waals surface area contributed by atoms with Crippen LogP contribution in [0.25, 0.3) is 11.3 Å². The molecule has 0 saturated heterocycles. The van der Waals surface area contributed by atoms with Crippen molar-refractivity contribution in [3.63, 3.8) is 0 Å². The van der Waals surface area contributed by atoms with Crippen LogP contribution in [0.1, 0.15) is 41.3 Å². The summed E-state index contributed by atoms with van der Waals surface area (Å²) in [5.41, 5.74) is 3.55. The van der Waals surface area contributed by atoms with E-state index in [2.05, 4.69) is 22.4 Å². The van der Waals surface area contributed by atoms with Crippen molar-refractivity contribution in [1.82, 2.24) is 10.3 Å². The molecule has 0 bridgehead atoms. The number of pyridine rings is 1. The van der Waals surface area contributed by atoms with E-state index in [0.29, 0.717) is 37.3 Å². The van der Waals surface area contributed by atoms with Crippen LogP contribution >= 0.6 is 0 Å². The first-order chi connectivity index (χ1) is 18.9. The maximum atomic E-state index is 12.5. The van der Waals surface area contributed by atoms with Crippen molar-refractivity contribution < 1.29 is 49.0 Å². The van der Waals surface area contributed by atoms with E-state index in [1.54, 1.807) is 25.3 Å². The summed E-state index contributed by atoms with van der Waals surface area (Å²) in [6.07, 6.45) is 4.27. The minimum atomic E-state index is -1.03. The summed E-state index contributed by atoms with van der Waals surface area (Å²) in [5.74, 6) is -0.541. The normalized spacial score (nSPS) is 12.0. The monoisotopic (exact) mass is 544 g/mol. The summed E-state index contributed by atoms with van der Waals surface area (Å²) in [7, 11) is 0. The molecule has 4 aromatic rings. The molecule has 1 amide bonds. The van der Waals surface area contributed by atoms with Gasteiger partial charge in [0.1, 0.15) is 12.4 Å². The second-order valence-corrected chi connectivity index (χ2v) is 9.90. The van der Waals surface area contributed by atoms with Gasteiger partial charge in [0.25, 0.3) is 5.91 Å². The molecular formula is C33H33N2NaO4. The second-order valence-electron chi connectivity index (χ2n) is 9.90. The third-order valence-corrected chi connectivity index (χ3v) is 6.81. The van der Waals surface area contributed by atoms with E-state index >= 15 is 0 Å². The SMILES string of the molecule is CC(CCCc1ccccc1)(Cc1ccc(OCCNC(=O)c2ccc(-c3ccccn3)cc2)cc1)C(=O)[O-].[Na+]. The fourth-order valence-corrected chi connectivity index (χ4v) is 4.51. The van der Waals surface area contributed by atoms with Crippen LogP contribution in [0.15, 0.2) is 103 Å². The first-order valence-corrected chi connectivity index (χ1v) is 13.2. The number of aliphatic carboxylic acids is 1. The zero-order valence-electron chi connectivity index (χ0n) is 23.1. The molecule has 6 nitrogen and oxygen atoms in total. The van der Waals surface area contributed by atoms with Crippen LogP contribution in [0.5, 0.6) is 5.75 Å².